The molecule has 0 N–H and O–H groups in total. The lowest BCUT2D eigenvalue weighted by Gasteiger charge is -2.20. The fourth-order valence-corrected chi connectivity index (χ4v) is 8.15. The molecule has 8 aromatic rings. The number of rotatable bonds is 7. The van der Waals surface area contributed by atoms with Crippen molar-refractivity contribution in [2.75, 3.05) is 0 Å². The molecule has 8 rings (SSSR count). The van der Waals surface area contributed by atoms with Crippen LogP contribution in [-0.2, 0) is 11.8 Å². The number of nitrogens with zero attached hydrogens (tertiary/aromatic N) is 2. The normalized spacial score (nSPS) is 12.2. The van der Waals surface area contributed by atoms with Crippen molar-refractivity contribution in [1.29, 1.82) is 0 Å². The molecule has 0 saturated carbocycles. The number of hydrogen-bond donors (Lipinski definition) is 0. The van der Waals surface area contributed by atoms with Gasteiger partial charge >= 0.3 is 0 Å². The van der Waals surface area contributed by atoms with Crippen LogP contribution in [0.3, 0.4) is 0 Å². The summed E-state index contributed by atoms with van der Waals surface area (Å²) in [6, 6.07) is 50.5. The molecule has 1 heterocycles. The van der Waals surface area contributed by atoms with Crippen molar-refractivity contribution in [3.63, 3.8) is 0 Å². The Morgan fingerprint density at radius 1 is 0.647 bits per heavy atom. The van der Waals surface area contributed by atoms with Gasteiger partial charge in [-0.15, -0.1) is 11.3 Å². The van der Waals surface area contributed by atoms with Crippen LogP contribution in [-0.4, -0.2) is 11.2 Å². The zero-order chi connectivity index (χ0) is 35.1. The van der Waals surface area contributed by atoms with Crippen molar-refractivity contribution in [3.8, 4) is 32.8 Å². The summed E-state index contributed by atoms with van der Waals surface area (Å²) < 4.78 is 1.19. The van der Waals surface area contributed by atoms with E-state index in [-0.39, 0.29) is 5.41 Å². The number of thiazole rings is 1. The van der Waals surface area contributed by atoms with Gasteiger partial charge in [-0.05, 0) is 97.4 Å². The van der Waals surface area contributed by atoms with E-state index in [2.05, 4.69) is 174 Å². The smallest absolute Gasteiger partial charge is 0.126 e. The average molecular weight is 679 g/mol. The summed E-state index contributed by atoms with van der Waals surface area (Å²) >= 11 is 1.75. The monoisotopic (exact) mass is 678 g/mol. The van der Waals surface area contributed by atoms with Gasteiger partial charge in [0, 0.05) is 22.9 Å². The van der Waals surface area contributed by atoms with Crippen molar-refractivity contribution in [2.45, 2.75) is 46.5 Å². The lowest BCUT2D eigenvalue weighted by Crippen LogP contribution is -2.11. The minimum Gasteiger partial charge on any atom is -0.256 e. The Hall–Kier alpha value is -5.38. The molecular formula is C48H42N2S. The Kier molecular flexibility index (Phi) is 8.61. The van der Waals surface area contributed by atoms with Gasteiger partial charge in [-0.2, -0.15) is 0 Å². The molecule has 0 unspecified atom stereocenters. The summed E-state index contributed by atoms with van der Waals surface area (Å²) in [5.41, 5.74) is 11.6. The van der Waals surface area contributed by atoms with E-state index in [0.717, 1.165) is 33.8 Å². The molecule has 3 heteroatoms. The number of para-hydroxylation sites is 1. The maximum Gasteiger partial charge on any atom is 0.126 e. The molecule has 0 aliphatic rings. The fourth-order valence-electron chi connectivity index (χ4n) is 7.09. The van der Waals surface area contributed by atoms with Crippen LogP contribution < -0.4 is 0 Å². The maximum atomic E-state index is 5.35. The Morgan fingerprint density at radius 3 is 2.14 bits per heavy atom. The van der Waals surface area contributed by atoms with Crippen LogP contribution in [0.1, 0.15) is 51.3 Å². The molecule has 0 bridgehead atoms. The van der Waals surface area contributed by atoms with Crippen molar-refractivity contribution in [2.24, 2.45) is 10.9 Å². The summed E-state index contributed by atoms with van der Waals surface area (Å²) in [5, 5.41) is 5.90. The van der Waals surface area contributed by atoms with E-state index in [1.807, 2.05) is 6.21 Å². The van der Waals surface area contributed by atoms with Crippen molar-refractivity contribution >= 4 is 55.0 Å². The van der Waals surface area contributed by atoms with Crippen LogP contribution in [0.4, 0.5) is 5.69 Å². The van der Waals surface area contributed by atoms with Gasteiger partial charge in [-0.3, -0.25) is 4.99 Å². The number of aliphatic imine (C=N–C) groups is 1. The Bertz CT molecular complexity index is 2560. The molecule has 0 fully saturated rings. The number of aromatic nitrogens is 1. The minimum atomic E-state index is -0.00524. The standard InChI is InChI=1S/C48H42N2S/c1-31(2)25-32-13-12-15-35(26-32)33-21-23-34(24-22-33)43-28-38(48(3,4)5)29-45-46(43)50-47(51-45)42-19-10-11-20-44(42)49-30-37-27-36-14-6-7-16-39(36)41-18-9-8-17-40(37)41/h6-24,26-31H,25H2,1-5H3. The first-order valence-electron chi connectivity index (χ1n) is 17.9. The molecule has 0 saturated heterocycles. The molecule has 2 nitrogen and oxygen atoms in total. The van der Waals surface area contributed by atoms with Crippen LogP contribution in [0.25, 0.3) is 64.6 Å². The zero-order valence-corrected chi connectivity index (χ0v) is 30.8. The van der Waals surface area contributed by atoms with Crippen molar-refractivity contribution in [3.05, 3.63) is 156 Å². The van der Waals surface area contributed by atoms with Crippen LogP contribution >= 0.6 is 11.3 Å². The molecule has 0 spiro atoms. The third kappa shape index (κ3) is 6.62. The van der Waals surface area contributed by atoms with Gasteiger partial charge in [0.05, 0.1) is 15.9 Å². The SMILES string of the molecule is CC(C)Cc1cccc(-c2ccc(-c3cc(C(C)(C)C)cc4sc(-c5ccccc5N=Cc5cc6ccccc6c6ccccc56)nc34)cc2)c1. The molecular weight excluding hydrogens is 637 g/mol. The molecule has 7 aromatic carbocycles. The minimum absolute atomic E-state index is 0.00524. The quantitative estimate of drug-likeness (QED) is 0.122. The van der Waals surface area contributed by atoms with Gasteiger partial charge in [0.15, 0.2) is 0 Å². The van der Waals surface area contributed by atoms with E-state index >= 15 is 0 Å². The van der Waals surface area contributed by atoms with Gasteiger partial charge in [0.25, 0.3) is 0 Å². The van der Waals surface area contributed by atoms with E-state index in [9.17, 15) is 0 Å². The summed E-state index contributed by atoms with van der Waals surface area (Å²) in [5.74, 6) is 0.631. The number of benzene rings is 7. The highest BCUT2D eigenvalue weighted by atomic mass is 32.1. The maximum absolute atomic E-state index is 5.35. The Morgan fingerprint density at radius 2 is 1.35 bits per heavy atom. The second kappa shape index (κ2) is 13.4. The van der Waals surface area contributed by atoms with Crippen molar-refractivity contribution < 1.29 is 0 Å². The average Bonchev–Trinajstić information content (AvgIpc) is 3.58. The first-order valence-corrected chi connectivity index (χ1v) is 18.7. The molecule has 1 aromatic heterocycles. The van der Waals surface area contributed by atoms with Crippen molar-refractivity contribution in [1.82, 2.24) is 4.98 Å². The Labute approximate surface area is 305 Å². The van der Waals surface area contributed by atoms with Crippen LogP contribution in [0.5, 0.6) is 0 Å². The van der Waals surface area contributed by atoms with E-state index in [1.165, 1.54) is 59.6 Å². The predicted octanol–water partition coefficient (Wildman–Crippen LogP) is 13.9. The highest BCUT2D eigenvalue weighted by Gasteiger charge is 2.20. The number of fused-ring (bicyclic) bond motifs is 4. The first-order chi connectivity index (χ1) is 24.7. The lowest BCUT2D eigenvalue weighted by molar-refractivity contribution is 0.591. The van der Waals surface area contributed by atoms with E-state index in [1.54, 1.807) is 11.3 Å². The van der Waals surface area contributed by atoms with Gasteiger partial charge in [-0.25, -0.2) is 4.98 Å². The molecule has 0 amide bonds. The topological polar surface area (TPSA) is 25.2 Å². The molecule has 51 heavy (non-hydrogen) atoms. The van der Waals surface area contributed by atoms with Crippen LogP contribution in [0.15, 0.2) is 145 Å². The second-order valence-electron chi connectivity index (χ2n) is 15.0. The summed E-state index contributed by atoms with van der Waals surface area (Å²) in [4.78, 5) is 10.5. The van der Waals surface area contributed by atoms with E-state index < -0.39 is 0 Å². The van der Waals surface area contributed by atoms with Gasteiger partial charge in [0.1, 0.15) is 5.01 Å². The molecule has 250 valence electrons. The largest absolute Gasteiger partial charge is 0.256 e. The summed E-state index contributed by atoms with van der Waals surface area (Å²) in [6.45, 7) is 11.4. The zero-order valence-electron chi connectivity index (χ0n) is 29.9. The third-order valence-electron chi connectivity index (χ3n) is 9.74. The van der Waals surface area contributed by atoms with E-state index in [0.29, 0.717) is 5.92 Å². The first kappa shape index (κ1) is 32.8. The molecule has 0 aliphatic heterocycles. The number of hydrogen-bond acceptors (Lipinski definition) is 3. The van der Waals surface area contributed by atoms with Crippen LogP contribution in [0, 0.1) is 5.92 Å². The van der Waals surface area contributed by atoms with E-state index in [4.69, 9.17) is 9.98 Å². The van der Waals surface area contributed by atoms with Gasteiger partial charge in [-0.1, -0.05) is 144 Å². The second-order valence-corrected chi connectivity index (χ2v) is 16.1. The van der Waals surface area contributed by atoms with Crippen LogP contribution in [0.2, 0.25) is 0 Å². The lowest BCUT2D eigenvalue weighted by atomic mass is 9.85. The predicted molar refractivity (Wildman–Crippen MR) is 222 cm³/mol. The molecule has 0 aliphatic carbocycles. The molecule has 0 atom stereocenters. The highest BCUT2D eigenvalue weighted by Crippen LogP contribution is 2.42. The summed E-state index contributed by atoms with van der Waals surface area (Å²) in [7, 11) is 0. The fraction of sp³-hybridized carbons (Fsp3) is 0.167. The third-order valence-corrected chi connectivity index (χ3v) is 10.8. The van der Waals surface area contributed by atoms with Gasteiger partial charge < -0.3 is 0 Å². The highest BCUT2D eigenvalue weighted by molar-refractivity contribution is 7.21. The van der Waals surface area contributed by atoms with Gasteiger partial charge in [0.2, 0.25) is 0 Å². The molecule has 0 radical (unpaired) electrons. The summed E-state index contributed by atoms with van der Waals surface area (Å²) in [6.07, 6.45) is 3.11. The Balaban J connectivity index is 1.20.